The van der Waals surface area contributed by atoms with Gasteiger partial charge in [-0.1, -0.05) is 12.1 Å². The molecule has 3 rings (SSSR count). The van der Waals surface area contributed by atoms with Crippen LogP contribution in [0.5, 0.6) is 0 Å². The predicted molar refractivity (Wildman–Crippen MR) is 80.7 cm³/mol. The maximum absolute atomic E-state index is 12.6. The lowest BCUT2D eigenvalue weighted by molar-refractivity contribution is 0.588. The zero-order valence-corrected chi connectivity index (χ0v) is 12.8. The number of rotatable bonds is 4. The van der Waals surface area contributed by atoms with E-state index < -0.39 is 10.0 Å². The number of nitrogens with one attached hydrogen (secondary N) is 2. The van der Waals surface area contributed by atoms with E-state index in [0.717, 1.165) is 23.2 Å². The summed E-state index contributed by atoms with van der Waals surface area (Å²) < 4.78 is 26.6. The molecule has 2 N–H and O–H groups in total. The maximum Gasteiger partial charge on any atom is 0.281 e. The molecule has 7 heteroatoms. The Morgan fingerprint density at radius 2 is 2.19 bits per heavy atom. The highest BCUT2D eigenvalue weighted by molar-refractivity contribution is 7.92. The van der Waals surface area contributed by atoms with Crippen LogP contribution < -0.4 is 9.62 Å². The minimum Gasteiger partial charge on any atom is -0.313 e. The van der Waals surface area contributed by atoms with Crippen molar-refractivity contribution in [3.63, 3.8) is 0 Å². The fourth-order valence-electron chi connectivity index (χ4n) is 2.58. The lowest BCUT2D eigenvalue weighted by atomic mass is 10.0. The fraction of sp³-hybridized carbons (Fsp3) is 0.357. The molecule has 1 unspecified atom stereocenters. The van der Waals surface area contributed by atoms with Crippen molar-refractivity contribution in [3.8, 4) is 0 Å². The molecule has 0 saturated carbocycles. The third-order valence-corrected chi connectivity index (χ3v) is 5.68. The van der Waals surface area contributed by atoms with Gasteiger partial charge in [-0.05, 0) is 43.7 Å². The molecule has 1 aliphatic heterocycles. The molecule has 0 fully saturated rings. The second-order valence-electron chi connectivity index (χ2n) is 5.15. The summed E-state index contributed by atoms with van der Waals surface area (Å²) >= 11 is 0. The zero-order valence-electron chi connectivity index (χ0n) is 12.0. The standard InChI is InChI=1S/C14H18N4O2S/c1-10(15-2)11-3-4-13-12(9-11)6-8-18(13)21(19,20)14-5-7-16-17-14/h3-5,7,9-10,15H,6,8H2,1-2H3,(H,16,17). The lowest BCUT2D eigenvalue weighted by Crippen LogP contribution is -2.29. The van der Waals surface area contributed by atoms with Gasteiger partial charge in [-0.15, -0.1) is 0 Å². The first-order chi connectivity index (χ1) is 10.0. The van der Waals surface area contributed by atoms with Crippen molar-refractivity contribution < 1.29 is 8.42 Å². The van der Waals surface area contributed by atoms with Crippen molar-refractivity contribution in [3.05, 3.63) is 41.6 Å². The van der Waals surface area contributed by atoms with Crippen molar-refractivity contribution in [2.45, 2.75) is 24.4 Å². The van der Waals surface area contributed by atoms with Crippen LogP contribution >= 0.6 is 0 Å². The Morgan fingerprint density at radius 1 is 1.38 bits per heavy atom. The Balaban J connectivity index is 1.98. The predicted octanol–water partition coefficient (Wildman–Crippen LogP) is 1.44. The van der Waals surface area contributed by atoms with Crippen LogP contribution in [-0.4, -0.2) is 32.2 Å². The van der Waals surface area contributed by atoms with Gasteiger partial charge < -0.3 is 5.32 Å². The number of hydrogen-bond donors (Lipinski definition) is 2. The number of benzene rings is 1. The first-order valence-electron chi connectivity index (χ1n) is 6.86. The van der Waals surface area contributed by atoms with Crippen LogP contribution in [-0.2, 0) is 16.4 Å². The molecule has 0 bridgehead atoms. The van der Waals surface area contributed by atoms with Crippen LogP contribution in [0, 0.1) is 0 Å². The maximum atomic E-state index is 12.6. The highest BCUT2D eigenvalue weighted by Crippen LogP contribution is 2.34. The number of fused-ring (bicyclic) bond motifs is 1. The zero-order chi connectivity index (χ0) is 15.0. The quantitative estimate of drug-likeness (QED) is 0.896. The molecular weight excluding hydrogens is 288 g/mol. The minimum atomic E-state index is -3.55. The molecule has 1 aromatic carbocycles. The largest absolute Gasteiger partial charge is 0.313 e. The second-order valence-corrected chi connectivity index (χ2v) is 6.98. The number of aromatic nitrogens is 2. The van der Waals surface area contributed by atoms with E-state index in [2.05, 4.69) is 28.5 Å². The Hall–Kier alpha value is -1.86. The van der Waals surface area contributed by atoms with Gasteiger partial charge in [0.15, 0.2) is 5.03 Å². The number of sulfonamides is 1. The van der Waals surface area contributed by atoms with E-state index in [0.29, 0.717) is 6.54 Å². The summed E-state index contributed by atoms with van der Waals surface area (Å²) in [6.45, 7) is 2.55. The van der Waals surface area contributed by atoms with Crippen LogP contribution in [0.3, 0.4) is 0 Å². The normalized spacial score (nSPS) is 16.0. The van der Waals surface area contributed by atoms with Crippen molar-refractivity contribution in [2.24, 2.45) is 0 Å². The Bertz CT molecular complexity index is 740. The number of nitrogens with zero attached hydrogens (tertiary/aromatic N) is 2. The van der Waals surface area contributed by atoms with Crippen LogP contribution in [0.4, 0.5) is 5.69 Å². The van der Waals surface area contributed by atoms with Gasteiger partial charge >= 0.3 is 0 Å². The Labute approximate surface area is 124 Å². The SMILES string of the molecule is CNC(C)c1ccc2c(c1)CCN2S(=O)(=O)c1ccn[nH]1. The molecule has 2 aromatic rings. The average molecular weight is 306 g/mol. The number of hydrogen-bond acceptors (Lipinski definition) is 4. The summed E-state index contributed by atoms with van der Waals surface area (Å²) in [5, 5.41) is 9.58. The van der Waals surface area contributed by atoms with E-state index in [1.807, 2.05) is 19.2 Å². The molecule has 0 amide bonds. The molecule has 2 heterocycles. The minimum absolute atomic E-state index is 0.128. The van der Waals surface area contributed by atoms with E-state index in [-0.39, 0.29) is 11.1 Å². The first-order valence-corrected chi connectivity index (χ1v) is 8.30. The monoisotopic (exact) mass is 306 g/mol. The molecule has 0 saturated heterocycles. The molecule has 21 heavy (non-hydrogen) atoms. The third kappa shape index (κ3) is 2.32. The van der Waals surface area contributed by atoms with Crippen molar-refractivity contribution in [1.29, 1.82) is 0 Å². The van der Waals surface area contributed by atoms with E-state index >= 15 is 0 Å². The summed E-state index contributed by atoms with van der Waals surface area (Å²) in [5.41, 5.74) is 2.99. The van der Waals surface area contributed by atoms with Crippen LogP contribution in [0.1, 0.15) is 24.1 Å². The molecule has 112 valence electrons. The van der Waals surface area contributed by atoms with Crippen molar-refractivity contribution in [2.75, 3.05) is 17.9 Å². The lowest BCUT2D eigenvalue weighted by Gasteiger charge is -2.19. The fourth-order valence-corrected chi connectivity index (χ4v) is 3.99. The van der Waals surface area contributed by atoms with Crippen LogP contribution in [0.15, 0.2) is 35.5 Å². The van der Waals surface area contributed by atoms with Crippen molar-refractivity contribution in [1.82, 2.24) is 15.5 Å². The first kappa shape index (κ1) is 14.1. The highest BCUT2D eigenvalue weighted by Gasteiger charge is 2.31. The van der Waals surface area contributed by atoms with Gasteiger partial charge in [-0.3, -0.25) is 9.40 Å². The number of H-pyrrole nitrogens is 1. The molecule has 0 aliphatic carbocycles. The van der Waals surface area contributed by atoms with Gasteiger partial charge in [-0.2, -0.15) is 13.5 Å². The summed E-state index contributed by atoms with van der Waals surface area (Å²) in [6.07, 6.45) is 2.18. The van der Waals surface area contributed by atoms with E-state index in [1.54, 1.807) is 0 Å². The molecule has 0 spiro atoms. The summed E-state index contributed by atoms with van der Waals surface area (Å²) in [7, 11) is -1.64. The van der Waals surface area contributed by atoms with Gasteiger partial charge in [0.05, 0.1) is 11.9 Å². The van der Waals surface area contributed by atoms with E-state index in [9.17, 15) is 8.42 Å². The smallest absolute Gasteiger partial charge is 0.281 e. The van der Waals surface area contributed by atoms with Crippen molar-refractivity contribution >= 4 is 15.7 Å². The third-order valence-electron chi connectivity index (χ3n) is 3.93. The molecule has 0 radical (unpaired) electrons. The van der Waals surface area contributed by atoms with E-state index in [1.165, 1.54) is 16.6 Å². The van der Waals surface area contributed by atoms with Gasteiger partial charge in [0.2, 0.25) is 0 Å². The molecule has 1 atom stereocenters. The molecule has 6 nitrogen and oxygen atoms in total. The molecule has 1 aliphatic rings. The van der Waals surface area contributed by atoms with Gasteiger partial charge in [0.1, 0.15) is 0 Å². The van der Waals surface area contributed by atoms with Crippen LogP contribution in [0.2, 0.25) is 0 Å². The second kappa shape index (κ2) is 5.16. The Kier molecular flexibility index (Phi) is 3.46. The van der Waals surface area contributed by atoms with Gasteiger partial charge in [-0.25, -0.2) is 0 Å². The number of anilines is 1. The van der Waals surface area contributed by atoms with E-state index in [4.69, 9.17) is 0 Å². The summed E-state index contributed by atoms with van der Waals surface area (Å²) in [6, 6.07) is 7.66. The van der Waals surface area contributed by atoms with Crippen LogP contribution in [0.25, 0.3) is 0 Å². The average Bonchev–Trinajstić information content (AvgIpc) is 3.15. The highest BCUT2D eigenvalue weighted by atomic mass is 32.2. The molecular formula is C14H18N4O2S. The topological polar surface area (TPSA) is 78.1 Å². The summed E-state index contributed by atoms with van der Waals surface area (Å²) in [5.74, 6) is 0. The molecule has 1 aromatic heterocycles. The van der Waals surface area contributed by atoms with Gasteiger partial charge in [0.25, 0.3) is 10.0 Å². The van der Waals surface area contributed by atoms with Gasteiger partial charge in [0, 0.05) is 12.6 Å². The number of aromatic amines is 1. The Morgan fingerprint density at radius 3 is 2.86 bits per heavy atom. The summed E-state index contributed by atoms with van der Waals surface area (Å²) in [4.78, 5) is 0.